The second-order valence-electron chi connectivity index (χ2n) is 11.9. The van der Waals surface area contributed by atoms with Crippen LogP contribution in [0, 0.1) is 5.82 Å². The number of carboxylic acids is 1. The molecular weight excluding hydrogens is 681 g/mol. The van der Waals surface area contributed by atoms with Gasteiger partial charge in [0, 0.05) is 45.7 Å². The first-order valence-corrected chi connectivity index (χ1v) is 16.2. The van der Waals surface area contributed by atoms with Crippen molar-refractivity contribution in [1.29, 1.82) is 0 Å². The molecule has 48 heavy (non-hydrogen) atoms. The van der Waals surface area contributed by atoms with Crippen molar-refractivity contribution in [3.8, 4) is 0 Å². The number of carboxylic acid groups (broad SMARTS) is 1. The van der Waals surface area contributed by atoms with Crippen LogP contribution in [-0.2, 0) is 32.0 Å². The minimum Gasteiger partial charge on any atom is -0.480 e. The number of nitrogens with zero attached hydrogens (tertiary/aromatic N) is 3. The third-order valence-corrected chi connectivity index (χ3v) is 9.72. The molecule has 4 rings (SSSR count). The van der Waals surface area contributed by atoms with E-state index in [2.05, 4.69) is 5.32 Å². The second kappa shape index (κ2) is 15.4. The zero-order chi connectivity index (χ0) is 35.4. The molecule has 2 saturated heterocycles. The van der Waals surface area contributed by atoms with E-state index in [1.807, 2.05) is 10.2 Å². The monoisotopic (exact) mass is 717 g/mol. The molecule has 0 aliphatic carbocycles. The zero-order valence-corrected chi connectivity index (χ0v) is 27.8. The van der Waals surface area contributed by atoms with E-state index in [1.165, 1.54) is 24.1 Å². The van der Waals surface area contributed by atoms with E-state index in [-0.39, 0.29) is 56.9 Å². The van der Waals surface area contributed by atoms with Gasteiger partial charge >= 0.3 is 18.1 Å². The van der Waals surface area contributed by atoms with Crippen molar-refractivity contribution in [2.24, 2.45) is 0 Å². The van der Waals surface area contributed by atoms with E-state index in [0.29, 0.717) is 16.5 Å². The molecule has 3 N–H and O–H groups in total. The first kappa shape index (κ1) is 37.4. The van der Waals surface area contributed by atoms with Crippen molar-refractivity contribution in [1.82, 2.24) is 25.3 Å². The molecule has 2 fully saturated rings. The van der Waals surface area contributed by atoms with Crippen LogP contribution in [0.15, 0.2) is 42.5 Å². The van der Waals surface area contributed by atoms with Crippen LogP contribution >= 0.6 is 23.2 Å². The number of carbonyl (C=O) groups is 4. The molecule has 0 radical (unpaired) electrons. The Kier molecular flexibility index (Phi) is 12.0. The molecule has 0 spiro atoms. The SMILES string of the molecule is CCC1CN(C(Cc2ccc(Cl)c(Cl)c2)C(=O)NC)CCN1C(=O)C(Cc1ccc(F)cc1)(NC(=O)C(F)(F)F)N1CCCC1C(=O)O. The Hall–Kier alpha value is -3.46. The lowest BCUT2D eigenvalue weighted by molar-refractivity contribution is -0.183. The third-order valence-electron chi connectivity index (χ3n) is 8.98. The summed E-state index contributed by atoms with van der Waals surface area (Å²) in [5, 5.41) is 15.3. The van der Waals surface area contributed by atoms with E-state index in [1.54, 1.807) is 25.1 Å². The van der Waals surface area contributed by atoms with Gasteiger partial charge in [-0.25, -0.2) is 4.39 Å². The first-order chi connectivity index (χ1) is 22.6. The van der Waals surface area contributed by atoms with Crippen molar-refractivity contribution < 1.29 is 41.8 Å². The summed E-state index contributed by atoms with van der Waals surface area (Å²) in [7, 11) is 1.49. The molecule has 2 aromatic carbocycles. The predicted molar refractivity (Wildman–Crippen MR) is 170 cm³/mol. The van der Waals surface area contributed by atoms with Gasteiger partial charge in [-0.1, -0.05) is 48.3 Å². The number of likely N-dealkylation sites (N-methyl/N-ethyl adjacent to an activating group) is 1. The van der Waals surface area contributed by atoms with E-state index < -0.39 is 60.0 Å². The minimum absolute atomic E-state index is 0.0309. The van der Waals surface area contributed by atoms with Gasteiger partial charge in [-0.2, -0.15) is 13.2 Å². The van der Waals surface area contributed by atoms with Gasteiger partial charge in [-0.05, 0) is 61.1 Å². The Labute approximate surface area is 285 Å². The van der Waals surface area contributed by atoms with Crippen LogP contribution in [0.2, 0.25) is 10.0 Å². The number of carbonyl (C=O) groups excluding carboxylic acids is 3. The van der Waals surface area contributed by atoms with E-state index in [0.717, 1.165) is 22.6 Å². The fourth-order valence-electron chi connectivity index (χ4n) is 6.57. The van der Waals surface area contributed by atoms with Crippen molar-refractivity contribution in [3.63, 3.8) is 0 Å². The lowest BCUT2D eigenvalue weighted by Crippen LogP contribution is -2.75. The van der Waals surface area contributed by atoms with Gasteiger partial charge in [0.1, 0.15) is 11.9 Å². The number of likely N-dealkylation sites (tertiary alicyclic amines) is 1. The molecule has 4 atom stereocenters. The van der Waals surface area contributed by atoms with Crippen molar-refractivity contribution in [3.05, 3.63) is 69.5 Å². The van der Waals surface area contributed by atoms with Gasteiger partial charge in [-0.3, -0.25) is 29.0 Å². The molecule has 0 saturated carbocycles. The van der Waals surface area contributed by atoms with Crippen LogP contribution in [0.4, 0.5) is 17.6 Å². The predicted octanol–water partition coefficient (Wildman–Crippen LogP) is 3.88. The summed E-state index contributed by atoms with van der Waals surface area (Å²) in [5.74, 6) is -5.64. The number of nitrogens with one attached hydrogen (secondary N) is 2. The highest BCUT2D eigenvalue weighted by molar-refractivity contribution is 6.42. The molecule has 2 aliphatic heterocycles. The molecule has 2 aromatic rings. The Morgan fingerprint density at radius 2 is 1.67 bits per heavy atom. The minimum atomic E-state index is -5.40. The quantitative estimate of drug-likeness (QED) is 0.302. The number of amides is 3. The second-order valence-corrected chi connectivity index (χ2v) is 12.8. The van der Waals surface area contributed by atoms with Crippen molar-refractivity contribution in [2.75, 3.05) is 33.2 Å². The van der Waals surface area contributed by atoms with Gasteiger partial charge < -0.3 is 20.6 Å². The Balaban J connectivity index is 1.74. The average Bonchev–Trinajstić information content (AvgIpc) is 3.56. The molecule has 2 aliphatic rings. The number of hydrogen-bond donors (Lipinski definition) is 3. The highest BCUT2D eigenvalue weighted by Gasteiger charge is 2.57. The zero-order valence-electron chi connectivity index (χ0n) is 26.3. The topological polar surface area (TPSA) is 122 Å². The van der Waals surface area contributed by atoms with Gasteiger partial charge in [0.05, 0.1) is 16.1 Å². The van der Waals surface area contributed by atoms with Crippen LogP contribution in [0.3, 0.4) is 0 Å². The number of piperazine rings is 1. The maximum atomic E-state index is 14.8. The summed E-state index contributed by atoms with van der Waals surface area (Å²) >= 11 is 12.3. The smallest absolute Gasteiger partial charge is 0.471 e. The highest BCUT2D eigenvalue weighted by Crippen LogP contribution is 2.34. The van der Waals surface area contributed by atoms with Crippen molar-refractivity contribution in [2.45, 2.75) is 69.0 Å². The van der Waals surface area contributed by atoms with Crippen LogP contribution in [0.25, 0.3) is 0 Å². The van der Waals surface area contributed by atoms with Crippen molar-refractivity contribution >= 4 is 46.9 Å². The molecule has 0 bridgehead atoms. The number of hydrogen-bond acceptors (Lipinski definition) is 6. The summed E-state index contributed by atoms with van der Waals surface area (Å²) in [6.45, 7) is 1.90. The fraction of sp³-hybridized carbons (Fsp3) is 0.500. The standard InChI is InChI=1S/C32H37Cl2F4N5O5/c1-3-22-18-41(26(27(44)39-2)16-20-8-11-23(33)24(34)15-20)13-14-42(22)30(48)31(40-29(47)32(36,37)38,17-19-6-9-21(35)10-7-19)43-12-4-5-25(43)28(45)46/h6-11,15,22,25-26H,3-5,12-14,16-18H2,1-2H3,(H,39,44)(H,40,47)(H,45,46). The molecule has 262 valence electrons. The lowest BCUT2D eigenvalue weighted by Gasteiger charge is -2.50. The number of aliphatic carboxylic acids is 1. The summed E-state index contributed by atoms with van der Waals surface area (Å²) in [4.78, 5) is 57.3. The van der Waals surface area contributed by atoms with Crippen LogP contribution in [-0.4, -0.2) is 107 Å². The summed E-state index contributed by atoms with van der Waals surface area (Å²) in [6.07, 6.45) is -5.13. The van der Waals surface area contributed by atoms with Gasteiger partial charge in [-0.15, -0.1) is 0 Å². The molecule has 16 heteroatoms. The molecule has 4 unspecified atom stereocenters. The Morgan fingerprint density at radius 3 is 2.25 bits per heavy atom. The molecule has 2 heterocycles. The van der Waals surface area contributed by atoms with E-state index >= 15 is 0 Å². The van der Waals surface area contributed by atoms with Crippen LogP contribution < -0.4 is 10.6 Å². The summed E-state index contributed by atoms with van der Waals surface area (Å²) < 4.78 is 55.4. The van der Waals surface area contributed by atoms with E-state index in [4.69, 9.17) is 23.2 Å². The largest absolute Gasteiger partial charge is 0.480 e. The lowest BCUT2D eigenvalue weighted by atomic mass is 9.92. The molecule has 0 aromatic heterocycles. The van der Waals surface area contributed by atoms with Crippen LogP contribution in [0.1, 0.15) is 37.3 Å². The van der Waals surface area contributed by atoms with E-state index in [9.17, 15) is 41.8 Å². The number of benzene rings is 2. The van der Waals surface area contributed by atoms with Gasteiger partial charge in [0.15, 0.2) is 5.66 Å². The number of halogens is 6. The Morgan fingerprint density at radius 1 is 1.00 bits per heavy atom. The summed E-state index contributed by atoms with van der Waals surface area (Å²) in [6, 6.07) is 6.95. The number of alkyl halides is 3. The van der Waals surface area contributed by atoms with Gasteiger partial charge in [0.25, 0.3) is 5.91 Å². The highest BCUT2D eigenvalue weighted by atomic mass is 35.5. The molecule has 10 nitrogen and oxygen atoms in total. The van der Waals surface area contributed by atoms with Gasteiger partial charge in [0.2, 0.25) is 5.91 Å². The maximum Gasteiger partial charge on any atom is 0.471 e. The number of rotatable bonds is 11. The fourth-order valence-corrected chi connectivity index (χ4v) is 6.89. The molecular formula is C32H37Cl2F4N5O5. The normalized spacial score (nSPS) is 21.0. The third kappa shape index (κ3) is 8.21. The first-order valence-electron chi connectivity index (χ1n) is 15.4. The average molecular weight is 719 g/mol. The maximum absolute atomic E-state index is 14.8. The summed E-state index contributed by atoms with van der Waals surface area (Å²) in [5.41, 5.74) is -1.55. The van der Waals surface area contributed by atoms with Crippen LogP contribution in [0.5, 0.6) is 0 Å². The Bertz CT molecular complexity index is 1510. The molecule has 3 amide bonds.